The molecule has 0 atom stereocenters. The molecule has 0 radical (unpaired) electrons. The van der Waals surface area contributed by atoms with Gasteiger partial charge in [-0.25, -0.2) is 4.39 Å². The number of carbonyl (C=O) groups is 1. The van der Waals surface area contributed by atoms with E-state index in [0.29, 0.717) is 30.9 Å². The Morgan fingerprint density at radius 1 is 1.19 bits per heavy atom. The van der Waals surface area contributed by atoms with Gasteiger partial charge in [-0.3, -0.25) is 19.3 Å². The van der Waals surface area contributed by atoms with Crippen molar-refractivity contribution in [3.05, 3.63) is 75.6 Å². The Labute approximate surface area is 147 Å². The Morgan fingerprint density at radius 3 is 2.65 bits per heavy atom. The molecule has 0 saturated heterocycles. The Kier molecular flexibility index (Phi) is 3.80. The summed E-state index contributed by atoms with van der Waals surface area (Å²) < 4.78 is 14.6. The van der Waals surface area contributed by atoms with Gasteiger partial charge in [0.05, 0.1) is 0 Å². The SMILES string of the molecule is Nc1cc(C(=O)N2CCc3cc(=O)n(-c4ccc(F)cc4)cc3C2)[nH]n1. The summed E-state index contributed by atoms with van der Waals surface area (Å²) in [6, 6.07) is 8.77. The minimum Gasteiger partial charge on any atom is -0.382 e. The summed E-state index contributed by atoms with van der Waals surface area (Å²) in [5.41, 5.74) is 8.07. The molecule has 0 unspecified atom stereocenters. The number of anilines is 1. The molecule has 1 amide bonds. The van der Waals surface area contributed by atoms with E-state index in [9.17, 15) is 14.0 Å². The van der Waals surface area contributed by atoms with E-state index in [0.717, 1.165) is 11.1 Å². The second-order valence-corrected chi connectivity index (χ2v) is 6.19. The maximum Gasteiger partial charge on any atom is 0.272 e. The molecule has 26 heavy (non-hydrogen) atoms. The number of hydrogen-bond acceptors (Lipinski definition) is 4. The monoisotopic (exact) mass is 353 g/mol. The number of nitrogen functional groups attached to an aromatic ring is 1. The smallest absolute Gasteiger partial charge is 0.272 e. The largest absolute Gasteiger partial charge is 0.382 e. The second-order valence-electron chi connectivity index (χ2n) is 6.19. The lowest BCUT2D eigenvalue weighted by molar-refractivity contribution is 0.0728. The van der Waals surface area contributed by atoms with Crippen molar-refractivity contribution in [1.29, 1.82) is 0 Å². The summed E-state index contributed by atoms with van der Waals surface area (Å²) >= 11 is 0. The van der Waals surface area contributed by atoms with Gasteiger partial charge in [-0.05, 0) is 41.8 Å². The van der Waals surface area contributed by atoms with Gasteiger partial charge in [0, 0.05) is 37.1 Å². The van der Waals surface area contributed by atoms with Gasteiger partial charge < -0.3 is 10.6 Å². The number of benzene rings is 1. The van der Waals surface area contributed by atoms with Crippen LogP contribution in [0.3, 0.4) is 0 Å². The summed E-state index contributed by atoms with van der Waals surface area (Å²) in [7, 11) is 0. The van der Waals surface area contributed by atoms with Crippen molar-refractivity contribution in [1.82, 2.24) is 19.7 Å². The molecule has 0 fully saturated rings. The zero-order chi connectivity index (χ0) is 18.3. The Hall–Kier alpha value is -3.42. The highest BCUT2D eigenvalue weighted by Crippen LogP contribution is 2.20. The first-order valence-electron chi connectivity index (χ1n) is 8.12. The van der Waals surface area contributed by atoms with Gasteiger partial charge in [-0.2, -0.15) is 5.10 Å². The van der Waals surface area contributed by atoms with E-state index in [1.165, 1.54) is 22.8 Å². The molecule has 1 aliphatic heterocycles. The molecule has 4 rings (SSSR count). The predicted molar refractivity (Wildman–Crippen MR) is 93.4 cm³/mol. The van der Waals surface area contributed by atoms with E-state index in [4.69, 9.17) is 5.73 Å². The molecule has 132 valence electrons. The average Bonchev–Trinajstić information content (AvgIpc) is 3.07. The molecular formula is C18H16FN5O2. The lowest BCUT2D eigenvalue weighted by Gasteiger charge is -2.28. The van der Waals surface area contributed by atoms with E-state index < -0.39 is 0 Å². The number of halogens is 1. The van der Waals surface area contributed by atoms with Crippen LogP contribution in [0.4, 0.5) is 10.2 Å². The fourth-order valence-corrected chi connectivity index (χ4v) is 3.12. The van der Waals surface area contributed by atoms with Crippen LogP contribution in [0.25, 0.3) is 5.69 Å². The summed E-state index contributed by atoms with van der Waals surface area (Å²) in [5.74, 6) is -0.300. The molecule has 0 aliphatic carbocycles. The lowest BCUT2D eigenvalue weighted by Crippen LogP contribution is -2.37. The molecular weight excluding hydrogens is 337 g/mol. The second kappa shape index (κ2) is 6.14. The van der Waals surface area contributed by atoms with Crippen LogP contribution in [0.5, 0.6) is 0 Å². The molecule has 2 aromatic heterocycles. The highest BCUT2D eigenvalue weighted by atomic mass is 19.1. The highest BCUT2D eigenvalue weighted by molar-refractivity contribution is 5.93. The van der Waals surface area contributed by atoms with Crippen LogP contribution in [0, 0.1) is 5.82 Å². The molecule has 1 aliphatic rings. The van der Waals surface area contributed by atoms with Crippen LogP contribution in [0.2, 0.25) is 0 Å². The normalized spacial score (nSPS) is 13.5. The third-order valence-corrected chi connectivity index (χ3v) is 4.46. The molecule has 3 aromatic rings. The third-order valence-electron chi connectivity index (χ3n) is 4.46. The molecule has 0 bridgehead atoms. The average molecular weight is 353 g/mol. The van der Waals surface area contributed by atoms with Crippen molar-refractivity contribution < 1.29 is 9.18 Å². The maximum atomic E-state index is 13.1. The van der Waals surface area contributed by atoms with E-state index in [-0.39, 0.29) is 23.1 Å². The van der Waals surface area contributed by atoms with Crippen LogP contribution in [0.15, 0.2) is 47.4 Å². The van der Waals surface area contributed by atoms with Crippen molar-refractivity contribution in [2.75, 3.05) is 12.3 Å². The molecule has 7 nitrogen and oxygen atoms in total. The maximum absolute atomic E-state index is 13.1. The topological polar surface area (TPSA) is 97.0 Å². The Balaban J connectivity index is 1.66. The van der Waals surface area contributed by atoms with Gasteiger partial charge in [-0.15, -0.1) is 0 Å². The fraction of sp³-hybridized carbons (Fsp3) is 0.167. The predicted octanol–water partition coefficient (Wildman–Crippen LogP) is 1.48. The first kappa shape index (κ1) is 16.1. The van der Waals surface area contributed by atoms with Crippen molar-refractivity contribution in [3.8, 4) is 5.69 Å². The number of aromatic amines is 1. The highest BCUT2D eigenvalue weighted by Gasteiger charge is 2.24. The number of nitrogens with one attached hydrogen (secondary N) is 1. The van der Waals surface area contributed by atoms with Crippen LogP contribution >= 0.6 is 0 Å². The Morgan fingerprint density at radius 2 is 1.96 bits per heavy atom. The number of pyridine rings is 1. The number of rotatable bonds is 2. The Bertz CT molecular complexity index is 1040. The van der Waals surface area contributed by atoms with Crippen LogP contribution < -0.4 is 11.3 Å². The van der Waals surface area contributed by atoms with E-state index in [2.05, 4.69) is 10.2 Å². The minimum atomic E-state index is -0.365. The lowest BCUT2D eigenvalue weighted by atomic mass is 10.0. The molecule has 3 N–H and O–H groups in total. The molecule has 3 heterocycles. The van der Waals surface area contributed by atoms with Gasteiger partial charge in [0.15, 0.2) is 0 Å². The quantitative estimate of drug-likeness (QED) is 0.729. The van der Waals surface area contributed by atoms with Gasteiger partial charge in [0.2, 0.25) is 0 Å². The van der Waals surface area contributed by atoms with Crippen molar-refractivity contribution in [2.24, 2.45) is 0 Å². The fourth-order valence-electron chi connectivity index (χ4n) is 3.12. The number of fused-ring (bicyclic) bond motifs is 1. The molecule has 0 spiro atoms. The van der Waals surface area contributed by atoms with Gasteiger partial charge >= 0.3 is 0 Å². The first-order chi connectivity index (χ1) is 12.5. The van der Waals surface area contributed by atoms with Crippen molar-refractivity contribution in [3.63, 3.8) is 0 Å². The number of carbonyl (C=O) groups excluding carboxylic acids is 1. The number of aromatic nitrogens is 3. The van der Waals surface area contributed by atoms with Gasteiger partial charge in [0.25, 0.3) is 11.5 Å². The van der Waals surface area contributed by atoms with Gasteiger partial charge in [-0.1, -0.05) is 0 Å². The van der Waals surface area contributed by atoms with E-state index in [1.54, 1.807) is 29.3 Å². The molecule has 0 saturated carbocycles. The summed E-state index contributed by atoms with van der Waals surface area (Å²) in [5, 5.41) is 6.40. The number of amides is 1. The number of nitrogens with zero attached hydrogens (tertiary/aromatic N) is 3. The molecule has 1 aromatic carbocycles. The summed E-state index contributed by atoms with van der Waals surface area (Å²) in [6.07, 6.45) is 2.30. The minimum absolute atomic E-state index is 0.184. The van der Waals surface area contributed by atoms with E-state index >= 15 is 0 Å². The number of H-pyrrole nitrogens is 1. The zero-order valence-corrected chi connectivity index (χ0v) is 13.8. The summed E-state index contributed by atoms with van der Waals surface area (Å²) in [4.78, 5) is 26.6. The first-order valence-corrected chi connectivity index (χ1v) is 8.12. The van der Waals surface area contributed by atoms with Crippen molar-refractivity contribution >= 4 is 11.7 Å². The van der Waals surface area contributed by atoms with E-state index in [1.807, 2.05) is 0 Å². The number of nitrogens with two attached hydrogens (primary N) is 1. The van der Waals surface area contributed by atoms with Crippen molar-refractivity contribution in [2.45, 2.75) is 13.0 Å². The van der Waals surface area contributed by atoms with Crippen LogP contribution in [-0.4, -0.2) is 32.1 Å². The standard InChI is InChI=1S/C18H16FN5O2/c19-13-1-3-14(4-2-13)24-10-12-9-23(6-5-11(12)7-17(24)25)18(26)15-8-16(20)22-21-15/h1-4,7-8,10H,5-6,9H2,(H3,20,21,22). The van der Waals surface area contributed by atoms with Crippen LogP contribution in [-0.2, 0) is 13.0 Å². The third kappa shape index (κ3) is 2.85. The zero-order valence-electron chi connectivity index (χ0n) is 13.8. The number of hydrogen-bond donors (Lipinski definition) is 2. The molecule has 8 heteroatoms. The van der Waals surface area contributed by atoms with Crippen LogP contribution in [0.1, 0.15) is 21.6 Å². The summed E-state index contributed by atoms with van der Waals surface area (Å²) in [6.45, 7) is 0.874. The van der Waals surface area contributed by atoms with Gasteiger partial charge in [0.1, 0.15) is 17.3 Å².